The van der Waals surface area contributed by atoms with Gasteiger partial charge in [-0.1, -0.05) is 18.2 Å². The van der Waals surface area contributed by atoms with Crippen LogP contribution in [0, 0.1) is 0 Å². The Balaban J connectivity index is 1.59. The van der Waals surface area contributed by atoms with Crippen LogP contribution in [0.15, 0.2) is 51.1 Å². The Hall–Kier alpha value is -2.97. The number of thiazole rings is 1. The number of nitrogens with zero attached hydrogens (tertiary/aromatic N) is 2. The molecule has 0 amide bonds. The predicted molar refractivity (Wildman–Crippen MR) is 100 cm³/mol. The maximum Gasteiger partial charge on any atom is 0.375 e. The Kier molecular flexibility index (Phi) is 4.74. The fraction of sp³-hybridized carbons (Fsp3) is 0.211. The van der Waals surface area contributed by atoms with Crippen molar-refractivity contribution in [1.29, 1.82) is 0 Å². The highest BCUT2D eigenvalue weighted by Gasteiger charge is 2.22. The number of rotatable bonds is 6. The van der Waals surface area contributed by atoms with Crippen molar-refractivity contribution < 1.29 is 18.7 Å². The molecule has 138 valence electrons. The smallest absolute Gasteiger partial charge is 0.375 e. The molecule has 0 unspecified atom stereocenters. The van der Waals surface area contributed by atoms with Crippen molar-refractivity contribution in [3.8, 4) is 0 Å². The van der Waals surface area contributed by atoms with Gasteiger partial charge in [-0.25, -0.2) is 9.78 Å². The number of benzene rings is 1. The van der Waals surface area contributed by atoms with Gasteiger partial charge in [0.2, 0.25) is 5.76 Å². The topological polar surface area (TPSA) is 83.0 Å². The molecule has 0 N–H and O–H groups in total. The van der Waals surface area contributed by atoms with Crippen LogP contribution in [0.1, 0.15) is 28.7 Å². The average Bonchev–Trinajstić information content (AvgIpc) is 3.29. The Morgan fingerprint density at radius 3 is 3.00 bits per heavy atom. The van der Waals surface area contributed by atoms with E-state index < -0.39 is 5.97 Å². The lowest BCUT2D eigenvalue weighted by atomic mass is 10.1. The largest absolute Gasteiger partial charge is 0.453 e. The zero-order chi connectivity index (χ0) is 18.8. The minimum absolute atomic E-state index is 0.110. The summed E-state index contributed by atoms with van der Waals surface area (Å²) in [5, 5.41) is 2.59. The highest BCUT2D eigenvalue weighted by molar-refractivity contribution is 7.15. The number of hydrogen-bond donors (Lipinski definition) is 0. The summed E-state index contributed by atoms with van der Waals surface area (Å²) in [6, 6.07) is 8.72. The molecule has 0 radical (unpaired) electrons. The van der Waals surface area contributed by atoms with Crippen LogP contribution < -0.4 is 5.56 Å². The number of aromatic nitrogens is 2. The van der Waals surface area contributed by atoms with Crippen LogP contribution in [0.3, 0.4) is 0 Å². The molecule has 3 aromatic heterocycles. The van der Waals surface area contributed by atoms with E-state index >= 15 is 0 Å². The van der Waals surface area contributed by atoms with Gasteiger partial charge in [-0.2, -0.15) is 0 Å². The monoisotopic (exact) mass is 384 g/mol. The number of fused-ring (bicyclic) bond motifs is 2. The van der Waals surface area contributed by atoms with Crippen molar-refractivity contribution in [2.24, 2.45) is 0 Å². The lowest BCUT2D eigenvalue weighted by Crippen LogP contribution is -2.15. The second-order valence-corrected chi connectivity index (χ2v) is 6.63. The molecule has 27 heavy (non-hydrogen) atoms. The van der Waals surface area contributed by atoms with Crippen molar-refractivity contribution in [2.75, 3.05) is 6.61 Å². The Morgan fingerprint density at radius 2 is 2.15 bits per heavy atom. The summed E-state index contributed by atoms with van der Waals surface area (Å²) < 4.78 is 18.0. The van der Waals surface area contributed by atoms with E-state index in [-0.39, 0.29) is 24.5 Å². The van der Waals surface area contributed by atoms with Crippen LogP contribution in [0.4, 0.5) is 0 Å². The van der Waals surface area contributed by atoms with Gasteiger partial charge in [0.1, 0.15) is 12.2 Å². The molecule has 3 heterocycles. The summed E-state index contributed by atoms with van der Waals surface area (Å²) in [5.41, 5.74) is 1.42. The van der Waals surface area contributed by atoms with Crippen molar-refractivity contribution >= 4 is 33.2 Å². The van der Waals surface area contributed by atoms with Crippen LogP contribution in [0.25, 0.3) is 15.9 Å². The number of para-hydroxylation sites is 1. The number of carbonyl (C=O) groups excluding carboxylic acids is 1. The SMILES string of the molecule is CCOCc1c(C(=O)OCc2cc(=O)n3ccsc3n2)oc2ccccc12. The number of esters is 1. The standard InChI is InChI=1S/C19H16N2O5S/c1-2-24-11-14-13-5-3-4-6-15(13)26-17(14)18(23)25-10-12-9-16(22)21-7-8-27-19(21)20-12/h3-9H,2,10-11H2,1H3. The van der Waals surface area contributed by atoms with Gasteiger partial charge >= 0.3 is 5.97 Å². The summed E-state index contributed by atoms with van der Waals surface area (Å²) >= 11 is 1.34. The maximum atomic E-state index is 12.6. The molecule has 0 spiro atoms. The van der Waals surface area contributed by atoms with Gasteiger partial charge < -0.3 is 13.9 Å². The maximum absolute atomic E-state index is 12.6. The van der Waals surface area contributed by atoms with Crippen LogP contribution in [-0.4, -0.2) is 22.0 Å². The van der Waals surface area contributed by atoms with E-state index in [4.69, 9.17) is 13.9 Å². The van der Waals surface area contributed by atoms with Gasteiger partial charge in [-0.3, -0.25) is 9.20 Å². The highest BCUT2D eigenvalue weighted by atomic mass is 32.1. The number of carbonyl (C=O) groups is 1. The van der Waals surface area contributed by atoms with Gasteiger partial charge in [-0.05, 0) is 13.0 Å². The van der Waals surface area contributed by atoms with Gasteiger partial charge in [0.25, 0.3) is 5.56 Å². The molecule has 0 aliphatic heterocycles. The molecule has 4 rings (SSSR count). The van der Waals surface area contributed by atoms with Gasteiger partial charge in [0, 0.05) is 35.2 Å². The van der Waals surface area contributed by atoms with E-state index in [1.54, 1.807) is 17.6 Å². The molecule has 0 saturated heterocycles. The van der Waals surface area contributed by atoms with E-state index in [9.17, 15) is 9.59 Å². The minimum atomic E-state index is -0.617. The third kappa shape index (κ3) is 3.36. The van der Waals surface area contributed by atoms with Crippen LogP contribution in [0.5, 0.6) is 0 Å². The second-order valence-electron chi connectivity index (χ2n) is 5.76. The molecule has 0 atom stereocenters. The fourth-order valence-corrected chi connectivity index (χ4v) is 3.52. The first-order valence-corrected chi connectivity index (χ1v) is 9.26. The molecule has 0 aliphatic carbocycles. The summed E-state index contributed by atoms with van der Waals surface area (Å²) in [4.78, 5) is 29.5. The highest BCUT2D eigenvalue weighted by Crippen LogP contribution is 2.27. The first-order valence-electron chi connectivity index (χ1n) is 8.38. The summed E-state index contributed by atoms with van der Waals surface area (Å²) in [6.07, 6.45) is 1.65. The first-order chi connectivity index (χ1) is 13.2. The Labute approximate surface area is 157 Å². The molecule has 0 aliphatic rings. The molecule has 8 heteroatoms. The normalized spacial score (nSPS) is 11.3. The summed E-state index contributed by atoms with van der Waals surface area (Å²) in [7, 11) is 0. The fourth-order valence-electron chi connectivity index (χ4n) is 2.78. The minimum Gasteiger partial charge on any atom is -0.453 e. The van der Waals surface area contributed by atoms with Crippen molar-refractivity contribution in [3.05, 3.63) is 69.3 Å². The predicted octanol–water partition coefficient (Wildman–Crippen LogP) is 3.40. The van der Waals surface area contributed by atoms with Crippen molar-refractivity contribution in [3.63, 3.8) is 0 Å². The Bertz CT molecular complexity index is 1170. The van der Waals surface area contributed by atoms with Gasteiger partial charge in [0.15, 0.2) is 4.96 Å². The third-order valence-electron chi connectivity index (χ3n) is 4.04. The molecule has 1 aromatic carbocycles. The quantitative estimate of drug-likeness (QED) is 0.474. The molecule has 7 nitrogen and oxygen atoms in total. The number of furan rings is 1. The van der Waals surface area contributed by atoms with E-state index in [0.29, 0.717) is 28.4 Å². The molecule has 0 fully saturated rings. The van der Waals surface area contributed by atoms with E-state index in [1.807, 2.05) is 25.1 Å². The van der Waals surface area contributed by atoms with E-state index in [1.165, 1.54) is 21.8 Å². The van der Waals surface area contributed by atoms with Gasteiger partial charge in [-0.15, -0.1) is 11.3 Å². The summed E-state index contributed by atoms with van der Waals surface area (Å²) in [5.74, 6) is -0.507. The third-order valence-corrected chi connectivity index (χ3v) is 4.80. The zero-order valence-electron chi connectivity index (χ0n) is 14.5. The number of hydrogen-bond acceptors (Lipinski definition) is 7. The van der Waals surface area contributed by atoms with Crippen LogP contribution in [0.2, 0.25) is 0 Å². The molecule has 0 bridgehead atoms. The number of ether oxygens (including phenoxy) is 2. The van der Waals surface area contributed by atoms with Crippen molar-refractivity contribution in [2.45, 2.75) is 20.1 Å². The Morgan fingerprint density at radius 1 is 1.30 bits per heavy atom. The summed E-state index contributed by atoms with van der Waals surface area (Å²) in [6.45, 7) is 2.53. The van der Waals surface area contributed by atoms with Crippen LogP contribution >= 0.6 is 11.3 Å². The second kappa shape index (κ2) is 7.34. The zero-order valence-corrected chi connectivity index (χ0v) is 15.3. The molecule has 0 saturated carbocycles. The first kappa shape index (κ1) is 17.4. The molecular formula is C19H16N2O5S. The van der Waals surface area contributed by atoms with Crippen LogP contribution in [-0.2, 0) is 22.7 Å². The van der Waals surface area contributed by atoms with Gasteiger partial charge in [0.05, 0.1) is 12.3 Å². The molecular weight excluding hydrogens is 368 g/mol. The lowest BCUT2D eigenvalue weighted by Gasteiger charge is -2.05. The van der Waals surface area contributed by atoms with Crippen molar-refractivity contribution in [1.82, 2.24) is 9.38 Å². The lowest BCUT2D eigenvalue weighted by molar-refractivity contribution is 0.0425. The van der Waals surface area contributed by atoms with E-state index in [0.717, 1.165) is 5.39 Å². The van der Waals surface area contributed by atoms with E-state index in [2.05, 4.69) is 4.98 Å². The molecule has 4 aromatic rings. The average molecular weight is 384 g/mol.